The maximum atomic E-state index is 13.0. The molecular formula is C11H12ClFN2O3. The Hall–Kier alpha value is -1.69. The molecule has 0 aromatic heterocycles. The van der Waals surface area contributed by atoms with Crippen LogP contribution in [0.15, 0.2) is 18.2 Å². The van der Waals surface area contributed by atoms with E-state index in [0.717, 1.165) is 18.2 Å². The van der Waals surface area contributed by atoms with Crippen molar-refractivity contribution in [1.29, 1.82) is 0 Å². The maximum absolute atomic E-state index is 13.0. The molecule has 1 N–H and O–H groups in total. The molecule has 1 atom stereocenters. The molecule has 0 spiro atoms. The van der Waals surface area contributed by atoms with Crippen LogP contribution in [0, 0.1) is 15.9 Å². The molecule has 0 saturated heterocycles. The summed E-state index contributed by atoms with van der Waals surface area (Å²) in [5.74, 6) is -1.41. The zero-order valence-electron chi connectivity index (χ0n) is 9.65. The quantitative estimate of drug-likeness (QED) is 0.509. The number of hydrogen-bond donors (Lipinski definition) is 1. The van der Waals surface area contributed by atoms with E-state index in [-0.39, 0.29) is 17.5 Å². The fourth-order valence-corrected chi connectivity index (χ4v) is 1.37. The average Bonchev–Trinajstić information content (AvgIpc) is 2.34. The highest BCUT2D eigenvalue weighted by Crippen LogP contribution is 2.19. The highest BCUT2D eigenvalue weighted by atomic mass is 35.5. The molecule has 1 aromatic rings. The fraction of sp³-hybridized carbons (Fsp3) is 0.364. The van der Waals surface area contributed by atoms with Gasteiger partial charge in [-0.25, -0.2) is 4.39 Å². The van der Waals surface area contributed by atoms with Crippen molar-refractivity contribution in [1.82, 2.24) is 5.32 Å². The first-order valence-corrected chi connectivity index (χ1v) is 5.75. The molecule has 1 rings (SSSR count). The summed E-state index contributed by atoms with van der Waals surface area (Å²) >= 11 is 5.81. The summed E-state index contributed by atoms with van der Waals surface area (Å²) in [6, 6.07) is 2.73. The molecule has 5 nitrogen and oxygen atoms in total. The molecule has 0 bridgehead atoms. The van der Waals surface area contributed by atoms with Gasteiger partial charge in [-0.15, -0.1) is 11.6 Å². The van der Waals surface area contributed by atoms with Gasteiger partial charge in [-0.05, 0) is 18.6 Å². The molecule has 0 aliphatic carbocycles. The second-order valence-electron chi connectivity index (χ2n) is 3.63. The van der Waals surface area contributed by atoms with Crippen molar-refractivity contribution in [3.63, 3.8) is 0 Å². The molecule has 0 saturated carbocycles. The molecule has 1 unspecified atom stereocenters. The van der Waals surface area contributed by atoms with Gasteiger partial charge < -0.3 is 5.32 Å². The predicted octanol–water partition coefficient (Wildman–Crippen LogP) is 2.48. The van der Waals surface area contributed by atoms with Gasteiger partial charge in [0.25, 0.3) is 11.6 Å². The van der Waals surface area contributed by atoms with E-state index in [0.29, 0.717) is 6.42 Å². The number of hydrogen-bond acceptors (Lipinski definition) is 3. The number of nitrogens with zero attached hydrogens (tertiary/aromatic N) is 1. The summed E-state index contributed by atoms with van der Waals surface area (Å²) in [5.41, 5.74) is -0.739. The van der Waals surface area contributed by atoms with Crippen LogP contribution in [-0.2, 0) is 0 Å². The van der Waals surface area contributed by atoms with Gasteiger partial charge in [0.2, 0.25) is 0 Å². The van der Waals surface area contributed by atoms with E-state index < -0.39 is 22.3 Å². The summed E-state index contributed by atoms with van der Waals surface area (Å²) in [7, 11) is 0. The molecule has 0 heterocycles. The number of amides is 1. The van der Waals surface area contributed by atoms with Crippen molar-refractivity contribution in [3.8, 4) is 0 Å². The van der Waals surface area contributed by atoms with Crippen molar-refractivity contribution < 1.29 is 14.1 Å². The molecular weight excluding hydrogens is 263 g/mol. The van der Waals surface area contributed by atoms with E-state index in [4.69, 9.17) is 11.6 Å². The second kappa shape index (κ2) is 6.30. The first-order valence-electron chi connectivity index (χ1n) is 5.32. The van der Waals surface area contributed by atoms with Crippen molar-refractivity contribution in [2.24, 2.45) is 0 Å². The number of rotatable bonds is 5. The molecule has 0 radical (unpaired) electrons. The van der Waals surface area contributed by atoms with E-state index in [2.05, 4.69) is 5.32 Å². The zero-order valence-corrected chi connectivity index (χ0v) is 10.4. The van der Waals surface area contributed by atoms with Gasteiger partial charge in [-0.2, -0.15) is 0 Å². The van der Waals surface area contributed by atoms with E-state index >= 15 is 0 Å². The highest BCUT2D eigenvalue weighted by Gasteiger charge is 2.21. The minimum Gasteiger partial charge on any atom is -0.350 e. The lowest BCUT2D eigenvalue weighted by Gasteiger charge is -2.08. The molecule has 0 fully saturated rings. The minimum atomic E-state index is -0.730. The number of nitro benzene ring substituents is 1. The van der Waals surface area contributed by atoms with Crippen LogP contribution in [0.4, 0.5) is 10.1 Å². The molecule has 1 amide bonds. The number of halogens is 2. The van der Waals surface area contributed by atoms with Gasteiger partial charge >= 0.3 is 0 Å². The molecule has 0 aliphatic heterocycles. The highest BCUT2D eigenvalue weighted by molar-refractivity contribution is 6.20. The summed E-state index contributed by atoms with van der Waals surface area (Å²) < 4.78 is 13.0. The summed E-state index contributed by atoms with van der Waals surface area (Å²) in [6.45, 7) is 2.01. The number of benzene rings is 1. The monoisotopic (exact) mass is 274 g/mol. The average molecular weight is 275 g/mol. The van der Waals surface area contributed by atoms with Crippen LogP contribution in [0.2, 0.25) is 0 Å². The van der Waals surface area contributed by atoms with Gasteiger partial charge in [0, 0.05) is 12.6 Å². The SMILES string of the molecule is CCC(Cl)CNC(=O)c1cc(F)ccc1[N+](=O)[O-]. The first-order chi connectivity index (χ1) is 8.45. The smallest absolute Gasteiger partial charge is 0.282 e. The van der Waals surface area contributed by atoms with Crippen LogP contribution in [0.5, 0.6) is 0 Å². The summed E-state index contributed by atoms with van der Waals surface area (Å²) in [5, 5.41) is 12.9. The van der Waals surface area contributed by atoms with Gasteiger partial charge in [0.1, 0.15) is 11.4 Å². The third kappa shape index (κ3) is 3.66. The van der Waals surface area contributed by atoms with Crippen LogP contribution in [0.3, 0.4) is 0 Å². The molecule has 0 aliphatic rings. The Morgan fingerprint density at radius 3 is 2.83 bits per heavy atom. The fourth-order valence-electron chi connectivity index (χ4n) is 1.29. The van der Waals surface area contributed by atoms with Crippen LogP contribution in [0.1, 0.15) is 23.7 Å². The van der Waals surface area contributed by atoms with Crippen LogP contribution >= 0.6 is 11.6 Å². The minimum absolute atomic E-state index is 0.171. The van der Waals surface area contributed by atoms with Crippen LogP contribution in [0.25, 0.3) is 0 Å². The number of nitro groups is 1. The number of alkyl halides is 1. The standard InChI is InChI=1S/C11H12ClFN2O3/c1-2-7(12)6-14-11(16)9-5-8(13)3-4-10(9)15(17)18/h3-5,7H,2,6H2,1H3,(H,14,16). The Labute approximate surface area is 108 Å². The summed E-state index contributed by atoms with van der Waals surface area (Å²) in [6.07, 6.45) is 0.646. The van der Waals surface area contributed by atoms with Gasteiger partial charge in [-0.1, -0.05) is 6.92 Å². The Bertz CT molecular complexity index is 468. The lowest BCUT2D eigenvalue weighted by Crippen LogP contribution is -2.30. The zero-order chi connectivity index (χ0) is 13.7. The lowest BCUT2D eigenvalue weighted by atomic mass is 10.1. The van der Waals surface area contributed by atoms with Gasteiger partial charge in [0.05, 0.1) is 10.3 Å². The van der Waals surface area contributed by atoms with Crippen molar-refractivity contribution in [3.05, 3.63) is 39.7 Å². The number of carbonyl (C=O) groups excluding carboxylic acids is 1. The topological polar surface area (TPSA) is 72.2 Å². The normalized spacial score (nSPS) is 11.9. The third-order valence-electron chi connectivity index (χ3n) is 2.33. The Morgan fingerprint density at radius 2 is 2.28 bits per heavy atom. The van der Waals surface area contributed by atoms with Crippen molar-refractivity contribution >= 4 is 23.2 Å². The largest absolute Gasteiger partial charge is 0.350 e. The lowest BCUT2D eigenvalue weighted by molar-refractivity contribution is -0.385. The second-order valence-corrected chi connectivity index (χ2v) is 4.25. The molecule has 1 aromatic carbocycles. The Kier molecular flexibility index (Phi) is 5.03. The number of carbonyl (C=O) groups is 1. The molecule has 98 valence electrons. The number of nitrogens with one attached hydrogen (secondary N) is 1. The first kappa shape index (κ1) is 14.4. The van der Waals surface area contributed by atoms with E-state index in [1.165, 1.54) is 0 Å². The van der Waals surface area contributed by atoms with Crippen LogP contribution < -0.4 is 5.32 Å². The van der Waals surface area contributed by atoms with E-state index in [9.17, 15) is 19.3 Å². The predicted molar refractivity (Wildman–Crippen MR) is 65.3 cm³/mol. The van der Waals surface area contributed by atoms with Crippen molar-refractivity contribution in [2.75, 3.05) is 6.54 Å². The molecule has 18 heavy (non-hydrogen) atoms. The third-order valence-corrected chi connectivity index (χ3v) is 2.79. The summed E-state index contributed by atoms with van der Waals surface area (Å²) in [4.78, 5) is 21.7. The Balaban J connectivity index is 2.90. The Morgan fingerprint density at radius 1 is 1.61 bits per heavy atom. The molecule has 7 heteroatoms. The van der Waals surface area contributed by atoms with Gasteiger partial charge in [-0.3, -0.25) is 14.9 Å². The van der Waals surface area contributed by atoms with Crippen molar-refractivity contribution in [2.45, 2.75) is 18.7 Å². The maximum Gasteiger partial charge on any atom is 0.282 e. The van der Waals surface area contributed by atoms with Gasteiger partial charge in [0.15, 0.2) is 0 Å². The van der Waals surface area contributed by atoms with E-state index in [1.54, 1.807) is 0 Å². The van der Waals surface area contributed by atoms with Crippen LogP contribution in [-0.4, -0.2) is 22.8 Å². The van der Waals surface area contributed by atoms with E-state index in [1.807, 2.05) is 6.92 Å².